The van der Waals surface area contributed by atoms with Gasteiger partial charge in [-0.3, -0.25) is 0 Å². The fourth-order valence-corrected chi connectivity index (χ4v) is 2.93. The normalized spacial score (nSPS) is 16.8. The zero-order valence-electron chi connectivity index (χ0n) is 15.7. The zero-order chi connectivity index (χ0) is 17.0. The molecule has 2 N–H and O–H groups in total. The summed E-state index contributed by atoms with van der Waals surface area (Å²) >= 11 is 0. The van der Waals surface area contributed by atoms with Crippen LogP contribution >= 0.6 is 24.0 Å². The Bertz CT molecular complexity index is 480. The third kappa shape index (κ3) is 9.42. The highest BCUT2D eigenvalue weighted by Gasteiger charge is 2.11. The Kier molecular flexibility index (Phi) is 11.9. The first kappa shape index (κ1) is 22.2. The van der Waals surface area contributed by atoms with Crippen LogP contribution in [-0.4, -0.2) is 68.6 Å². The van der Waals surface area contributed by atoms with Crippen LogP contribution in [0.25, 0.3) is 0 Å². The lowest BCUT2D eigenvalue weighted by molar-refractivity contribution is 0.274. The minimum absolute atomic E-state index is 0. The molecule has 2 rings (SSSR count). The Morgan fingerprint density at radius 1 is 1.08 bits per heavy atom. The highest BCUT2D eigenvalue weighted by molar-refractivity contribution is 14.0. The van der Waals surface area contributed by atoms with Gasteiger partial charge in [-0.15, -0.1) is 24.0 Å². The fraction of sp³-hybridized carbons (Fsp3) is 0.632. The lowest BCUT2D eigenvalue weighted by atomic mass is 10.2. The van der Waals surface area contributed by atoms with E-state index in [1.54, 1.807) is 0 Å². The van der Waals surface area contributed by atoms with Crippen molar-refractivity contribution in [1.29, 1.82) is 0 Å². The van der Waals surface area contributed by atoms with Crippen LogP contribution in [0.1, 0.15) is 25.3 Å². The topological polar surface area (TPSA) is 42.9 Å². The molecule has 1 aliphatic rings. The van der Waals surface area contributed by atoms with E-state index in [4.69, 9.17) is 0 Å². The summed E-state index contributed by atoms with van der Waals surface area (Å²) in [7, 11) is 2.22. The second-order valence-corrected chi connectivity index (χ2v) is 6.46. The molecular formula is C19H34IN5. The molecule has 0 aromatic heterocycles. The first-order valence-corrected chi connectivity index (χ1v) is 9.25. The van der Waals surface area contributed by atoms with Gasteiger partial charge >= 0.3 is 0 Å². The molecule has 25 heavy (non-hydrogen) atoms. The quantitative estimate of drug-likeness (QED) is 0.285. The highest BCUT2D eigenvalue weighted by Crippen LogP contribution is 2.02. The molecule has 0 spiro atoms. The van der Waals surface area contributed by atoms with E-state index in [2.05, 4.69) is 63.7 Å². The number of hydrogen-bond donors (Lipinski definition) is 2. The van der Waals surface area contributed by atoms with Crippen LogP contribution < -0.4 is 10.6 Å². The molecule has 0 saturated carbocycles. The fourth-order valence-electron chi connectivity index (χ4n) is 2.93. The Balaban J connectivity index is 0.00000312. The van der Waals surface area contributed by atoms with E-state index >= 15 is 0 Å². The predicted molar refractivity (Wildman–Crippen MR) is 118 cm³/mol. The van der Waals surface area contributed by atoms with Gasteiger partial charge in [0.1, 0.15) is 0 Å². The second kappa shape index (κ2) is 13.4. The van der Waals surface area contributed by atoms with Gasteiger partial charge in [0, 0.05) is 26.2 Å². The van der Waals surface area contributed by atoms with E-state index in [1.165, 1.54) is 44.7 Å². The van der Waals surface area contributed by atoms with Crippen molar-refractivity contribution in [2.45, 2.75) is 26.3 Å². The summed E-state index contributed by atoms with van der Waals surface area (Å²) in [4.78, 5) is 9.68. The van der Waals surface area contributed by atoms with E-state index in [0.29, 0.717) is 6.54 Å². The van der Waals surface area contributed by atoms with Gasteiger partial charge < -0.3 is 20.4 Å². The number of guanidine groups is 1. The Morgan fingerprint density at radius 3 is 2.64 bits per heavy atom. The average Bonchev–Trinajstić information content (AvgIpc) is 2.81. The second-order valence-electron chi connectivity index (χ2n) is 6.46. The summed E-state index contributed by atoms with van der Waals surface area (Å²) in [5.74, 6) is 0.914. The Hall–Kier alpha value is -0.860. The van der Waals surface area contributed by atoms with Crippen LogP contribution in [0.2, 0.25) is 0 Å². The van der Waals surface area contributed by atoms with Crippen molar-refractivity contribution in [2.75, 3.05) is 52.9 Å². The molecule has 142 valence electrons. The number of nitrogens with one attached hydrogen (secondary N) is 2. The van der Waals surface area contributed by atoms with E-state index in [9.17, 15) is 0 Å². The number of halogens is 1. The Morgan fingerprint density at radius 2 is 1.88 bits per heavy atom. The van der Waals surface area contributed by atoms with Gasteiger partial charge in [-0.1, -0.05) is 30.3 Å². The maximum Gasteiger partial charge on any atom is 0.191 e. The smallest absolute Gasteiger partial charge is 0.191 e. The van der Waals surface area contributed by atoms with Crippen molar-refractivity contribution in [3.8, 4) is 0 Å². The molecule has 0 unspecified atom stereocenters. The van der Waals surface area contributed by atoms with Crippen molar-refractivity contribution in [3.63, 3.8) is 0 Å². The van der Waals surface area contributed by atoms with Gasteiger partial charge in [0.05, 0.1) is 6.54 Å². The van der Waals surface area contributed by atoms with Crippen molar-refractivity contribution >= 4 is 29.9 Å². The van der Waals surface area contributed by atoms with Gasteiger partial charge in [-0.25, -0.2) is 4.99 Å². The number of aliphatic imine (C=N–C) groups is 1. The van der Waals surface area contributed by atoms with Crippen molar-refractivity contribution in [3.05, 3.63) is 35.9 Å². The molecule has 0 amide bonds. The maximum atomic E-state index is 4.67. The van der Waals surface area contributed by atoms with Crippen LogP contribution in [0.3, 0.4) is 0 Å². The summed E-state index contributed by atoms with van der Waals surface area (Å²) in [6.07, 6.45) is 2.44. The van der Waals surface area contributed by atoms with Crippen LogP contribution in [-0.2, 0) is 6.54 Å². The van der Waals surface area contributed by atoms with E-state index in [0.717, 1.165) is 25.5 Å². The summed E-state index contributed by atoms with van der Waals surface area (Å²) in [6.45, 7) is 10.7. The lowest BCUT2D eigenvalue weighted by Gasteiger charge is -2.20. The maximum absolute atomic E-state index is 4.67. The lowest BCUT2D eigenvalue weighted by Crippen LogP contribution is -2.39. The van der Waals surface area contributed by atoms with Crippen LogP contribution in [0, 0.1) is 0 Å². The van der Waals surface area contributed by atoms with Crippen molar-refractivity contribution in [2.24, 2.45) is 4.99 Å². The summed E-state index contributed by atoms with van der Waals surface area (Å²) in [5, 5.41) is 6.78. The molecular weight excluding hydrogens is 425 g/mol. The molecule has 1 aromatic carbocycles. The average molecular weight is 459 g/mol. The molecule has 0 bridgehead atoms. The number of hydrogen-bond acceptors (Lipinski definition) is 3. The molecule has 1 fully saturated rings. The summed E-state index contributed by atoms with van der Waals surface area (Å²) in [5.41, 5.74) is 1.24. The summed E-state index contributed by atoms with van der Waals surface area (Å²) < 4.78 is 0. The number of nitrogens with zero attached hydrogens (tertiary/aromatic N) is 3. The molecule has 1 aromatic rings. The monoisotopic (exact) mass is 459 g/mol. The minimum Gasteiger partial charge on any atom is -0.357 e. The largest absolute Gasteiger partial charge is 0.357 e. The van der Waals surface area contributed by atoms with Gasteiger partial charge in [-0.05, 0) is 52.0 Å². The van der Waals surface area contributed by atoms with E-state index < -0.39 is 0 Å². The molecule has 0 radical (unpaired) electrons. The highest BCUT2D eigenvalue weighted by atomic mass is 127. The molecule has 1 saturated heterocycles. The molecule has 6 heteroatoms. The van der Waals surface area contributed by atoms with E-state index in [1.807, 2.05) is 6.07 Å². The van der Waals surface area contributed by atoms with Gasteiger partial charge in [0.25, 0.3) is 0 Å². The van der Waals surface area contributed by atoms with Crippen molar-refractivity contribution in [1.82, 2.24) is 20.4 Å². The third-order valence-corrected chi connectivity index (χ3v) is 4.36. The predicted octanol–water partition coefficient (Wildman–Crippen LogP) is 2.39. The SMILES string of the molecule is CCNC(=NCc1ccccc1)NCCCN1CCCN(C)CC1.I. The number of benzene rings is 1. The van der Waals surface area contributed by atoms with Gasteiger partial charge in [-0.2, -0.15) is 0 Å². The van der Waals surface area contributed by atoms with E-state index in [-0.39, 0.29) is 24.0 Å². The first-order valence-electron chi connectivity index (χ1n) is 9.25. The third-order valence-electron chi connectivity index (χ3n) is 4.36. The molecule has 5 nitrogen and oxygen atoms in total. The van der Waals surface area contributed by atoms with Crippen LogP contribution in [0.15, 0.2) is 35.3 Å². The van der Waals surface area contributed by atoms with Crippen LogP contribution in [0.5, 0.6) is 0 Å². The van der Waals surface area contributed by atoms with Gasteiger partial charge in [0.2, 0.25) is 0 Å². The van der Waals surface area contributed by atoms with Crippen molar-refractivity contribution < 1.29 is 0 Å². The zero-order valence-corrected chi connectivity index (χ0v) is 18.0. The van der Waals surface area contributed by atoms with Crippen LogP contribution in [0.4, 0.5) is 0 Å². The Labute approximate surface area is 170 Å². The molecule has 0 aliphatic carbocycles. The molecule has 1 heterocycles. The first-order chi connectivity index (χ1) is 11.8. The standard InChI is InChI=1S/C19H33N5.HI/c1-3-20-19(22-17-18-9-5-4-6-10-18)21-11-7-13-24-14-8-12-23(2)15-16-24;/h4-6,9-10H,3,7-8,11-17H2,1-2H3,(H2,20,21,22);1H. The molecule has 0 atom stereocenters. The number of rotatable bonds is 7. The van der Waals surface area contributed by atoms with Gasteiger partial charge in [0.15, 0.2) is 5.96 Å². The molecule has 1 aliphatic heterocycles. The number of likely N-dealkylation sites (N-methyl/N-ethyl adjacent to an activating group) is 1. The minimum atomic E-state index is 0. The summed E-state index contributed by atoms with van der Waals surface area (Å²) in [6, 6.07) is 10.4.